The summed E-state index contributed by atoms with van der Waals surface area (Å²) in [5.74, 6) is 0. The van der Waals surface area contributed by atoms with Crippen LogP contribution in [-0.2, 0) is 6.42 Å². The molecule has 0 bridgehead atoms. The molecule has 0 atom stereocenters. The number of aryl methyl sites for hydroxylation is 16. The third kappa shape index (κ3) is 32.7. The molecule has 0 heterocycles. The van der Waals surface area contributed by atoms with Crippen LogP contribution in [0.25, 0.3) is 86.5 Å². The van der Waals surface area contributed by atoms with Gasteiger partial charge >= 0.3 is 0 Å². The zero-order valence-corrected chi connectivity index (χ0v) is 79.4. The summed E-state index contributed by atoms with van der Waals surface area (Å²) in [6.07, 6.45) is 1.12. The van der Waals surface area contributed by atoms with Gasteiger partial charge in [0, 0.05) is 0 Å². The maximum atomic E-state index is 2.24. The Hall–Kier alpha value is -10.7. The van der Waals surface area contributed by atoms with Gasteiger partial charge in [0.05, 0.1) is 0 Å². The predicted molar refractivity (Wildman–Crippen MR) is 540 cm³/mol. The molecule has 1 aliphatic carbocycles. The van der Waals surface area contributed by atoms with E-state index in [1.54, 1.807) is 0 Å². The molecular formula is C117H152. The Kier molecular flexibility index (Phi) is 51.9. The van der Waals surface area contributed by atoms with Crippen LogP contribution >= 0.6 is 0 Å². The molecule has 1 aliphatic rings. The van der Waals surface area contributed by atoms with Crippen molar-refractivity contribution in [2.75, 3.05) is 0 Å². The van der Waals surface area contributed by atoms with Crippen molar-refractivity contribution < 1.29 is 0 Å². The summed E-state index contributed by atoms with van der Waals surface area (Å²) in [6, 6.07) is 104. The lowest BCUT2D eigenvalue weighted by atomic mass is 10.0. The van der Waals surface area contributed by atoms with E-state index in [-0.39, 0.29) is 0 Å². The molecule has 117 heavy (non-hydrogen) atoms. The van der Waals surface area contributed by atoms with Gasteiger partial charge in [0.15, 0.2) is 0 Å². The Labute approximate surface area is 715 Å². The van der Waals surface area contributed by atoms with Crippen LogP contribution in [0.5, 0.6) is 0 Å². The summed E-state index contributed by atoms with van der Waals surface area (Å²) < 4.78 is 0. The molecule has 0 aliphatic heterocycles. The summed E-state index contributed by atoms with van der Waals surface area (Å²) in [6.45, 7) is 70.4. The maximum Gasteiger partial charge on any atom is -0.000820 e. The van der Waals surface area contributed by atoms with E-state index in [4.69, 9.17) is 0 Å². The highest BCUT2D eigenvalue weighted by Gasteiger charge is 2.20. The normalized spacial score (nSPS) is 9.59. The van der Waals surface area contributed by atoms with Crippen LogP contribution in [-0.4, -0.2) is 0 Å². The molecule has 0 nitrogen and oxygen atoms in total. The van der Waals surface area contributed by atoms with Crippen molar-refractivity contribution in [1.29, 1.82) is 0 Å². The molecule has 0 radical (unpaired) electrons. The van der Waals surface area contributed by atoms with Gasteiger partial charge in [-0.1, -0.05) is 455 Å². The lowest BCUT2D eigenvalue weighted by Crippen LogP contribution is -1.86. The first-order chi connectivity index (χ1) is 56.7. The van der Waals surface area contributed by atoms with Crippen LogP contribution in [0.1, 0.15) is 225 Å². The average Bonchev–Trinajstić information content (AvgIpc) is 1.62. The van der Waals surface area contributed by atoms with Crippen molar-refractivity contribution in [3.63, 3.8) is 0 Å². The zero-order valence-electron chi connectivity index (χ0n) is 79.4. The Morgan fingerprint density at radius 1 is 0.145 bits per heavy atom. The molecule has 0 unspecified atom stereocenters. The third-order valence-electron chi connectivity index (χ3n) is 19.2. The lowest BCUT2D eigenvalue weighted by molar-refractivity contribution is 1.19. The van der Waals surface area contributed by atoms with Gasteiger partial charge in [0.25, 0.3) is 0 Å². The van der Waals surface area contributed by atoms with Gasteiger partial charge in [-0.3, -0.25) is 0 Å². The average molecular weight is 1560 g/mol. The Morgan fingerprint density at radius 3 is 0.838 bits per heavy atom. The molecule has 0 spiro atoms. The fourth-order valence-corrected chi connectivity index (χ4v) is 13.5. The number of hydrogen-bond acceptors (Lipinski definition) is 0. The summed E-state index contributed by atoms with van der Waals surface area (Å²) in [5.41, 5.74) is 27.6. The van der Waals surface area contributed by atoms with Gasteiger partial charge < -0.3 is 0 Å². The predicted octanol–water partition coefficient (Wildman–Crippen LogP) is 37.3. The second-order valence-corrected chi connectivity index (χ2v) is 27.5. The van der Waals surface area contributed by atoms with E-state index in [9.17, 15) is 0 Å². The third-order valence-corrected chi connectivity index (χ3v) is 19.2. The van der Waals surface area contributed by atoms with Gasteiger partial charge in [0.1, 0.15) is 0 Å². The molecule has 16 aromatic carbocycles. The quantitative estimate of drug-likeness (QED) is 0.142. The minimum atomic E-state index is 1.12. The summed E-state index contributed by atoms with van der Waals surface area (Å²) in [4.78, 5) is 0. The molecule has 0 aromatic heterocycles. The van der Waals surface area contributed by atoms with Crippen LogP contribution < -0.4 is 0 Å². The van der Waals surface area contributed by atoms with Gasteiger partial charge in [-0.05, 0) is 265 Å². The molecule has 0 saturated heterocycles. The summed E-state index contributed by atoms with van der Waals surface area (Å²) >= 11 is 0. The van der Waals surface area contributed by atoms with Crippen molar-refractivity contribution in [2.45, 2.75) is 242 Å². The monoisotopic (exact) mass is 1560 g/mol. The van der Waals surface area contributed by atoms with E-state index in [1.807, 2.05) is 125 Å². The van der Waals surface area contributed by atoms with Gasteiger partial charge in [0.2, 0.25) is 0 Å². The van der Waals surface area contributed by atoms with Gasteiger partial charge in [-0.25, -0.2) is 0 Å². The maximum absolute atomic E-state index is 2.24. The van der Waals surface area contributed by atoms with Gasteiger partial charge in [-0.15, -0.1) is 0 Å². The molecule has 0 amide bonds. The Bertz CT molecular complexity index is 5230. The van der Waals surface area contributed by atoms with E-state index in [1.165, 1.54) is 187 Å². The summed E-state index contributed by atoms with van der Waals surface area (Å²) in [5, 5.41) is 18.9. The number of hydrogen-bond donors (Lipinski definition) is 0. The lowest BCUT2D eigenvalue weighted by Gasteiger charge is -2.04. The highest BCUT2D eigenvalue weighted by atomic mass is 14.2. The van der Waals surface area contributed by atoms with Crippen molar-refractivity contribution in [2.24, 2.45) is 0 Å². The first-order valence-corrected chi connectivity index (χ1v) is 44.1. The highest BCUT2D eigenvalue weighted by Crippen LogP contribution is 2.39. The van der Waals surface area contributed by atoms with E-state index >= 15 is 0 Å². The molecular weight excluding hydrogens is 1410 g/mol. The first kappa shape index (κ1) is 104. The van der Waals surface area contributed by atoms with E-state index in [0.29, 0.717) is 0 Å². The van der Waals surface area contributed by atoms with Crippen molar-refractivity contribution >= 4 is 75.4 Å². The minimum Gasteiger partial charge on any atom is -0.0683 e. The SMILES string of the molecule is CC.CC.CC.CC.CC.CC.CC.CC.CC.Cc1cc(C)c2ccccc2c1.Cc1cc2ccccc2cc1C.Cc1ccc2c(C)cccc2c1.Cc1ccc2cc(C)ccc2c1.Cc1ccc2ccc(C)cc2c1.Cc1ccc2cccc(C)c2c1.Cc1cccc2c1Cc1c(C)cccc1-2.Cc1cccc2cccc(C)c12. The molecule has 0 saturated carbocycles. The van der Waals surface area contributed by atoms with Crippen LogP contribution in [0.15, 0.2) is 291 Å². The fourth-order valence-electron chi connectivity index (χ4n) is 13.5. The largest absolute Gasteiger partial charge is 0.0683 e. The smallest absolute Gasteiger partial charge is 0.000820 e. The summed E-state index contributed by atoms with van der Waals surface area (Å²) in [7, 11) is 0. The molecule has 0 fully saturated rings. The number of fused-ring (bicyclic) bond motifs is 10. The van der Waals surface area contributed by atoms with Crippen molar-refractivity contribution in [1.82, 2.24) is 0 Å². The van der Waals surface area contributed by atoms with Gasteiger partial charge in [-0.2, -0.15) is 0 Å². The second-order valence-electron chi connectivity index (χ2n) is 27.5. The molecule has 17 rings (SSSR count). The molecule has 0 N–H and O–H groups in total. The number of rotatable bonds is 0. The molecule has 620 valence electrons. The first-order valence-electron chi connectivity index (χ1n) is 44.1. The van der Waals surface area contributed by atoms with Crippen LogP contribution in [0.3, 0.4) is 0 Å². The fraction of sp³-hybridized carbons (Fsp3) is 0.299. The topological polar surface area (TPSA) is 0 Å². The standard InChI is InChI=1S/C15H14.7C12H12.9C2H6/c1-10-5-3-7-12-13-8-4-6-11(2)15(13)9-14(10)12;1-9-3-5-12-8-10(2)4-6-11(12)7-9;1-9-3-5-11-6-4-10(2)8-12(11)7-9;1-9-5-3-7-11-8-4-6-10(2)12(9)11;1-9-6-7-12-10(2)4-3-5-11(12)8-9;1-9-6-7-11-5-3-4-10(2)12(11)8-9;1-9-7-11-5-3-4-6-12(11)8-10(9)2;1-9-7-10(2)12-6-4-3-5-11(12)8-9;9*1-2/h3-8H,9H2,1-2H3;7*3-8H,1-2H3;9*1-2H3. The van der Waals surface area contributed by atoms with Crippen molar-refractivity contribution in [3.8, 4) is 11.1 Å². The van der Waals surface area contributed by atoms with Crippen LogP contribution in [0.2, 0.25) is 0 Å². The molecule has 0 heteroatoms. The Balaban J connectivity index is 0.000000650. The molecule has 16 aromatic rings. The minimum absolute atomic E-state index is 1.12. The zero-order chi connectivity index (χ0) is 88.3. The van der Waals surface area contributed by atoms with Crippen molar-refractivity contribution in [3.05, 3.63) is 391 Å². The van der Waals surface area contributed by atoms with E-state index in [2.05, 4.69) is 402 Å². The number of benzene rings is 16. The second kappa shape index (κ2) is 58.2. The van der Waals surface area contributed by atoms with Crippen LogP contribution in [0, 0.1) is 111 Å². The van der Waals surface area contributed by atoms with Crippen LogP contribution in [0.4, 0.5) is 0 Å². The highest BCUT2D eigenvalue weighted by molar-refractivity contribution is 5.91. The van der Waals surface area contributed by atoms with E-state index < -0.39 is 0 Å². The van der Waals surface area contributed by atoms with E-state index in [0.717, 1.165) is 6.42 Å². The Morgan fingerprint density at radius 2 is 0.419 bits per heavy atom.